The molecule has 5 nitrogen and oxygen atoms in total. The Morgan fingerprint density at radius 1 is 1.33 bits per heavy atom. The van der Waals surface area contributed by atoms with E-state index in [1.54, 1.807) is 12.1 Å². The van der Waals surface area contributed by atoms with Crippen molar-refractivity contribution in [2.75, 3.05) is 13.1 Å². The number of nitrogens with two attached hydrogens (primary N) is 1. The molecule has 2 N–H and O–H groups in total. The molecule has 0 aromatic carbocycles. The highest BCUT2D eigenvalue weighted by Crippen LogP contribution is 2.41. The number of primary amides is 1. The summed E-state index contributed by atoms with van der Waals surface area (Å²) in [6, 6.07) is 4.21. The number of rotatable bonds is 3. The molecule has 1 aromatic heterocycles. The van der Waals surface area contributed by atoms with Crippen LogP contribution in [0, 0.1) is 5.92 Å². The lowest BCUT2D eigenvalue weighted by molar-refractivity contribution is -0.0171. The van der Waals surface area contributed by atoms with Gasteiger partial charge in [0.25, 0.3) is 5.91 Å². The number of nitrogens with zero attached hydrogens (tertiary/aromatic N) is 2. The van der Waals surface area contributed by atoms with E-state index in [1.807, 2.05) is 18.2 Å². The average Bonchev–Trinajstić information content (AvgIpc) is 3.07. The number of piperidine rings is 3. The zero-order valence-electron chi connectivity index (χ0n) is 13.7. The van der Waals surface area contributed by atoms with Gasteiger partial charge in [0.15, 0.2) is 11.5 Å². The summed E-state index contributed by atoms with van der Waals surface area (Å²) < 4.78 is 5.68. The van der Waals surface area contributed by atoms with Gasteiger partial charge in [-0.25, -0.2) is 0 Å². The van der Waals surface area contributed by atoms with Gasteiger partial charge in [0.2, 0.25) is 0 Å². The molecule has 0 spiro atoms. The molecule has 2 bridgehead atoms. The number of allylic oxidation sites excluding steroid dienone is 2. The summed E-state index contributed by atoms with van der Waals surface area (Å²) in [5.41, 5.74) is 6.02. The highest BCUT2D eigenvalue weighted by molar-refractivity contribution is 6.22. The summed E-state index contributed by atoms with van der Waals surface area (Å²) in [6.07, 6.45) is 8.36. The Hall–Kier alpha value is -1.72. The Labute approximate surface area is 146 Å². The molecule has 128 valence electrons. The number of hydrogen-bond acceptors (Lipinski definition) is 4. The molecule has 4 aliphatic heterocycles. The first-order valence-corrected chi connectivity index (χ1v) is 8.95. The minimum Gasteiger partial charge on any atom is -0.449 e. The Kier molecular flexibility index (Phi) is 3.93. The SMILES string of the molecule is C[C@H]1[C@H](N2C(c3ccc(C(N)=O)o3)=CC=CC2Cl)C2CCN1CC2. The summed E-state index contributed by atoms with van der Waals surface area (Å²) in [4.78, 5) is 16.1. The standard InChI is InChI=1S/C18H22ClN3O2/c1-11-17(12-7-9-21(11)10-8-12)22-13(3-2-4-16(22)19)14-5-6-15(24-14)18(20)23/h2-6,11-12,16-17H,7-10H2,1H3,(H2,20,23)/t11-,16?,17-/m0/s1. The summed E-state index contributed by atoms with van der Waals surface area (Å²) in [5.74, 6) is 0.890. The van der Waals surface area contributed by atoms with Gasteiger partial charge in [0.05, 0.1) is 5.70 Å². The molecule has 3 saturated heterocycles. The van der Waals surface area contributed by atoms with Gasteiger partial charge in [0.1, 0.15) is 5.50 Å². The first kappa shape index (κ1) is 15.8. The van der Waals surface area contributed by atoms with E-state index in [2.05, 4.69) is 16.7 Å². The fourth-order valence-corrected chi connectivity index (χ4v) is 4.75. The number of hydrogen-bond donors (Lipinski definition) is 1. The fourth-order valence-electron chi connectivity index (χ4n) is 4.43. The van der Waals surface area contributed by atoms with Crippen LogP contribution in [0.1, 0.15) is 36.1 Å². The predicted molar refractivity (Wildman–Crippen MR) is 93.4 cm³/mol. The number of carbonyl (C=O) groups excluding carboxylic acids is 1. The number of alkyl halides is 1. The van der Waals surface area contributed by atoms with Crippen LogP contribution in [0.25, 0.3) is 5.70 Å². The number of fused-ring (bicyclic) bond motifs is 3. The van der Waals surface area contributed by atoms with Crippen LogP contribution in [-0.2, 0) is 0 Å². The van der Waals surface area contributed by atoms with E-state index in [0.717, 1.165) is 5.70 Å². The van der Waals surface area contributed by atoms with Crippen molar-refractivity contribution in [3.63, 3.8) is 0 Å². The van der Waals surface area contributed by atoms with Crippen molar-refractivity contribution in [2.45, 2.75) is 37.4 Å². The smallest absolute Gasteiger partial charge is 0.284 e. The van der Waals surface area contributed by atoms with Gasteiger partial charge < -0.3 is 15.1 Å². The maximum atomic E-state index is 11.3. The van der Waals surface area contributed by atoms with Crippen LogP contribution in [0.4, 0.5) is 0 Å². The van der Waals surface area contributed by atoms with Crippen molar-refractivity contribution in [1.29, 1.82) is 0 Å². The predicted octanol–water partition coefficient (Wildman–Crippen LogP) is 2.64. The van der Waals surface area contributed by atoms with Crippen LogP contribution >= 0.6 is 11.6 Å². The maximum absolute atomic E-state index is 11.3. The summed E-state index contributed by atoms with van der Waals surface area (Å²) in [7, 11) is 0. The molecule has 4 aliphatic rings. The van der Waals surface area contributed by atoms with Gasteiger partial charge in [-0.05, 0) is 63.1 Å². The van der Waals surface area contributed by atoms with Gasteiger partial charge in [-0.15, -0.1) is 0 Å². The lowest BCUT2D eigenvalue weighted by Gasteiger charge is -2.55. The molecule has 5 heterocycles. The van der Waals surface area contributed by atoms with E-state index in [9.17, 15) is 4.79 Å². The molecule has 1 amide bonds. The van der Waals surface area contributed by atoms with Gasteiger partial charge in [0, 0.05) is 12.1 Å². The highest BCUT2D eigenvalue weighted by Gasteiger charge is 2.45. The topological polar surface area (TPSA) is 62.7 Å². The number of furan rings is 1. The van der Waals surface area contributed by atoms with Crippen molar-refractivity contribution in [2.24, 2.45) is 11.7 Å². The van der Waals surface area contributed by atoms with Crippen molar-refractivity contribution in [3.05, 3.63) is 41.9 Å². The highest BCUT2D eigenvalue weighted by atomic mass is 35.5. The summed E-state index contributed by atoms with van der Waals surface area (Å²) in [6.45, 7) is 4.63. The molecule has 6 heteroatoms. The zero-order valence-corrected chi connectivity index (χ0v) is 14.4. The lowest BCUT2D eigenvalue weighted by atomic mass is 9.78. The van der Waals surface area contributed by atoms with E-state index in [0.29, 0.717) is 23.8 Å². The lowest BCUT2D eigenvalue weighted by Crippen LogP contribution is -2.63. The Morgan fingerprint density at radius 2 is 2.08 bits per heavy atom. The fraction of sp³-hybridized carbons (Fsp3) is 0.500. The third kappa shape index (κ3) is 2.47. The minimum absolute atomic E-state index is 0.175. The second-order valence-corrected chi connectivity index (χ2v) is 7.30. The molecule has 5 rings (SSSR count). The van der Waals surface area contributed by atoms with Gasteiger partial charge >= 0.3 is 0 Å². The molecule has 0 aliphatic carbocycles. The second-order valence-electron chi connectivity index (χ2n) is 6.85. The third-order valence-electron chi connectivity index (χ3n) is 5.62. The van der Waals surface area contributed by atoms with E-state index < -0.39 is 5.91 Å². The Morgan fingerprint density at radius 3 is 2.71 bits per heavy atom. The van der Waals surface area contributed by atoms with Crippen LogP contribution in [0.3, 0.4) is 0 Å². The van der Waals surface area contributed by atoms with E-state index in [1.165, 1.54) is 25.9 Å². The first-order valence-electron chi connectivity index (χ1n) is 8.51. The van der Waals surface area contributed by atoms with Crippen molar-refractivity contribution >= 4 is 23.2 Å². The van der Waals surface area contributed by atoms with Gasteiger partial charge in [-0.1, -0.05) is 17.7 Å². The third-order valence-corrected chi connectivity index (χ3v) is 5.97. The minimum atomic E-state index is -0.557. The molecule has 0 saturated carbocycles. The molecule has 1 unspecified atom stereocenters. The summed E-state index contributed by atoms with van der Waals surface area (Å²) in [5, 5.41) is 0. The van der Waals surface area contributed by atoms with Gasteiger partial charge in [-0.3, -0.25) is 9.69 Å². The molecular formula is C18H22ClN3O2. The van der Waals surface area contributed by atoms with Crippen LogP contribution in [0.5, 0.6) is 0 Å². The quantitative estimate of drug-likeness (QED) is 0.674. The molecule has 3 fully saturated rings. The van der Waals surface area contributed by atoms with E-state index in [-0.39, 0.29) is 11.3 Å². The van der Waals surface area contributed by atoms with E-state index >= 15 is 0 Å². The van der Waals surface area contributed by atoms with Crippen LogP contribution in [0.2, 0.25) is 0 Å². The number of halogens is 1. The second kappa shape index (κ2) is 5.97. The molecular weight excluding hydrogens is 326 g/mol. The van der Waals surface area contributed by atoms with Crippen LogP contribution < -0.4 is 5.73 Å². The normalized spacial score (nSPS) is 35.2. The molecule has 1 aromatic rings. The number of amides is 1. The summed E-state index contributed by atoms with van der Waals surface area (Å²) >= 11 is 6.68. The molecule has 24 heavy (non-hydrogen) atoms. The van der Waals surface area contributed by atoms with Crippen molar-refractivity contribution in [1.82, 2.24) is 9.80 Å². The monoisotopic (exact) mass is 347 g/mol. The molecule has 3 atom stereocenters. The largest absolute Gasteiger partial charge is 0.449 e. The van der Waals surface area contributed by atoms with Crippen LogP contribution in [-0.4, -0.2) is 46.4 Å². The average molecular weight is 348 g/mol. The van der Waals surface area contributed by atoms with Crippen LogP contribution in [0.15, 0.2) is 34.8 Å². The number of carbonyl (C=O) groups is 1. The Bertz CT molecular complexity index is 701. The van der Waals surface area contributed by atoms with Gasteiger partial charge in [-0.2, -0.15) is 0 Å². The maximum Gasteiger partial charge on any atom is 0.284 e. The molecule has 0 radical (unpaired) electrons. The first-order chi connectivity index (χ1) is 11.6. The van der Waals surface area contributed by atoms with Crippen molar-refractivity contribution in [3.8, 4) is 0 Å². The zero-order chi connectivity index (χ0) is 16.8. The van der Waals surface area contributed by atoms with E-state index in [4.69, 9.17) is 21.8 Å². The Balaban J connectivity index is 1.70. The van der Waals surface area contributed by atoms with Crippen molar-refractivity contribution < 1.29 is 9.21 Å².